The van der Waals surface area contributed by atoms with Crippen LogP contribution >= 0.6 is 0 Å². The SMILES string of the molecule is CCN(CC)CCOc1cc(NC(=O)c2ccc(-c3ccccc3)cc2OC)ccc1OC. The number of hydrogen-bond donors (Lipinski definition) is 1. The number of rotatable bonds is 11. The van der Waals surface area contributed by atoms with E-state index < -0.39 is 0 Å². The largest absolute Gasteiger partial charge is 0.496 e. The standard InChI is InChI=1S/C27H32N2O4/c1-5-29(6-2)16-17-33-26-19-22(13-15-24(26)31-3)28-27(30)23-14-12-21(18-25(23)32-4)20-10-8-7-9-11-20/h7-15,18-19H,5-6,16-17H2,1-4H3,(H,28,30). The molecule has 33 heavy (non-hydrogen) atoms. The third-order valence-electron chi connectivity index (χ3n) is 5.53. The average Bonchev–Trinajstić information content (AvgIpc) is 2.87. The number of carbonyl (C=O) groups is 1. The topological polar surface area (TPSA) is 60.0 Å². The summed E-state index contributed by atoms with van der Waals surface area (Å²) >= 11 is 0. The lowest BCUT2D eigenvalue weighted by atomic mass is 10.0. The molecule has 0 unspecified atom stereocenters. The third-order valence-corrected chi connectivity index (χ3v) is 5.53. The fraction of sp³-hybridized carbons (Fsp3) is 0.296. The number of amides is 1. The molecule has 0 saturated heterocycles. The van der Waals surface area contributed by atoms with Crippen LogP contribution in [0, 0.1) is 0 Å². The van der Waals surface area contributed by atoms with Gasteiger partial charge in [-0.15, -0.1) is 0 Å². The quantitative estimate of drug-likeness (QED) is 0.429. The number of nitrogens with zero attached hydrogens (tertiary/aromatic N) is 1. The van der Waals surface area contributed by atoms with Crippen molar-refractivity contribution in [3.05, 3.63) is 72.3 Å². The smallest absolute Gasteiger partial charge is 0.259 e. The molecule has 3 aromatic rings. The molecule has 0 atom stereocenters. The minimum atomic E-state index is -0.259. The van der Waals surface area contributed by atoms with Crippen LogP contribution in [0.2, 0.25) is 0 Å². The van der Waals surface area contributed by atoms with Crippen molar-refractivity contribution >= 4 is 11.6 Å². The van der Waals surface area contributed by atoms with Crippen LogP contribution in [-0.4, -0.2) is 51.3 Å². The summed E-state index contributed by atoms with van der Waals surface area (Å²) in [5.41, 5.74) is 3.12. The summed E-state index contributed by atoms with van der Waals surface area (Å²) in [6.07, 6.45) is 0. The lowest BCUT2D eigenvalue weighted by Gasteiger charge is -2.19. The van der Waals surface area contributed by atoms with Crippen molar-refractivity contribution in [1.82, 2.24) is 4.90 Å². The van der Waals surface area contributed by atoms with Gasteiger partial charge in [-0.25, -0.2) is 0 Å². The molecule has 3 aromatic carbocycles. The van der Waals surface area contributed by atoms with E-state index in [1.54, 1.807) is 38.5 Å². The van der Waals surface area contributed by atoms with E-state index in [9.17, 15) is 4.79 Å². The molecule has 0 saturated carbocycles. The summed E-state index contributed by atoms with van der Waals surface area (Å²) in [5.74, 6) is 1.47. The van der Waals surface area contributed by atoms with Crippen LogP contribution in [-0.2, 0) is 0 Å². The number of ether oxygens (including phenoxy) is 3. The molecule has 0 aliphatic heterocycles. The highest BCUT2D eigenvalue weighted by Crippen LogP contribution is 2.32. The van der Waals surface area contributed by atoms with E-state index in [4.69, 9.17) is 14.2 Å². The van der Waals surface area contributed by atoms with Crippen molar-refractivity contribution in [3.63, 3.8) is 0 Å². The van der Waals surface area contributed by atoms with Gasteiger partial charge in [-0.2, -0.15) is 0 Å². The first kappa shape index (κ1) is 24.1. The van der Waals surface area contributed by atoms with Crippen molar-refractivity contribution < 1.29 is 19.0 Å². The lowest BCUT2D eigenvalue weighted by molar-refractivity contribution is 0.102. The van der Waals surface area contributed by atoms with Gasteiger partial charge in [0.25, 0.3) is 5.91 Å². The Labute approximate surface area is 196 Å². The Morgan fingerprint density at radius 1 is 0.818 bits per heavy atom. The van der Waals surface area contributed by atoms with Crippen molar-refractivity contribution in [2.45, 2.75) is 13.8 Å². The van der Waals surface area contributed by atoms with Crippen molar-refractivity contribution in [3.8, 4) is 28.4 Å². The molecular weight excluding hydrogens is 416 g/mol. The number of benzene rings is 3. The van der Waals surface area contributed by atoms with E-state index in [1.807, 2.05) is 42.5 Å². The van der Waals surface area contributed by atoms with Gasteiger partial charge in [0.1, 0.15) is 12.4 Å². The Bertz CT molecular complexity index is 1050. The maximum atomic E-state index is 13.0. The second-order valence-electron chi connectivity index (χ2n) is 7.48. The minimum absolute atomic E-state index is 0.259. The lowest BCUT2D eigenvalue weighted by Crippen LogP contribution is -2.28. The predicted octanol–water partition coefficient (Wildman–Crippen LogP) is 5.34. The molecule has 3 rings (SSSR count). The summed E-state index contributed by atoms with van der Waals surface area (Å²) < 4.78 is 16.9. The van der Waals surface area contributed by atoms with E-state index >= 15 is 0 Å². The van der Waals surface area contributed by atoms with Crippen LogP contribution in [0.5, 0.6) is 17.2 Å². The van der Waals surface area contributed by atoms with Gasteiger partial charge in [0.05, 0.1) is 19.8 Å². The maximum Gasteiger partial charge on any atom is 0.259 e. The third kappa shape index (κ3) is 6.26. The summed E-state index contributed by atoms with van der Waals surface area (Å²) in [6, 6.07) is 20.9. The Balaban J connectivity index is 1.75. The predicted molar refractivity (Wildman–Crippen MR) is 133 cm³/mol. The summed E-state index contributed by atoms with van der Waals surface area (Å²) in [5, 5.41) is 2.94. The first-order valence-corrected chi connectivity index (χ1v) is 11.2. The normalized spacial score (nSPS) is 10.7. The van der Waals surface area contributed by atoms with Gasteiger partial charge in [-0.05, 0) is 48.5 Å². The summed E-state index contributed by atoms with van der Waals surface area (Å²) in [4.78, 5) is 15.3. The molecule has 0 aliphatic carbocycles. The number of hydrogen-bond acceptors (Lipinski definition) is 5. The highest BCUT2D eigenvalue weighted by atomic mass is 16.5. The van der Waals surface area contributed by atoms with E-state index in [2.05, 4.69) is 24.1 Å². The maximum absolute atomic E-state index is 13.0. The first-order chi connectivity index (χ1) is 16.1. The van der Waals surface area contributed by atoms with Crippen molar-refractivity contribution in [1.29, 1.82) is 0 Å². The molecule has 1 N–H and O–H groups in total. The first-order valence-electron chi connectivity index (χ1n) is 11.2. The van der Waals surface area contributed by atoms with Gasteiger partial charge in [0, 0.05) is 18.3 Å². The Morgan fingerprint density at radius 2 is 1.55 bits per heavy atom. The van der Waals surface area contributed by atoms with E-state index in [0.29, 0.717) is 35.1 Å². The van der Waals surface area contributed by atoms with Gasteiger partial charge in [0.15, 0.2) is 11.5 Å². The minimum Gasteiger partial charge on any atom is -0.496 e. The molecule has 0 heterocycles. The summed E-state index contributed by atoms with van der Waals surface area (Å²) in [7, 11) is 3.17. The Hall–Kier alpha value is -3.51. The second-order valence-corrected chi connectivity index (χ2v) is 7.48. The Kier molecular flexibility index (Phi) is 8.72. The van der Waals surface area contributed by atoms with Crippen LogP contribution in [0.25, 0.3) is 11.1 Å². The van der Waals surface area contributed by atoms with Crippen molar-refractivity contribution in [2.24, 2.45) is 0 Å². The van der Waals surface area contributed by atoms with Gasteiger partial charge in [-0.3, -0.25) is 4.79 Å². The molecule has 0 radical (unpaired) electrons. The summed E-state index contributed by atoms with van der Waals surface area (Å²) in [6.45, 7) is 7.54. The van der Waals surface area contributed by atoms with E-state index in [-0.39, 0.29) is 5.91 Å². The number of carbonyl (C=O) groups excluding carboxylic acids is 1. The monoisotopic (exact) mass is 448 g/mol. The molecular formula is C27H32N2O4. The number of nitrogens with one attached hydrogen (secondary N) is 1. The molecule has 0 spiro atoms. The van der Waals surface area contributed by atoms with Crippen molar-refractivity contribution in [2.75, 3.05) is 45.8 Å². The van der Waals surface area contributed by atoms with Gasteiger partial charge in [-0.1, -0.05) is 50.2 Å². The van der Waals surface area contributed by atoms with E-state index in [1.165, 1.54) is 0 Å². The van der Waals surface area contributed by atoms with Gasteiger partial charge < -0.3 is 24.4 Å². The molecule has 1 amide bonds. The van der Waals surface area contributed by atoms with Crippen LogP contribution in [0.4, 0.5) is 5.69 Å². The fourth-order valence-corrected chi connectivity index (χ4v) is 3.58. The van der Waals surface area contributed by atoms with Gasteiger partial charge >= 0.3 is 0 Å². The number of likely N-dealkylation sites (N-methyl/N-ethyl adjacent to an activating group) is 1. The van der Waals surface area contributed by atoms with Crippen LogP contribution in [0.15, 0.2) is 66.7 Å². The molecule has 174 valence electrons. The zero-order chi connectivity index (χ0) is 23.6. The second kappa shape index (κ2) is 11.9. The van der Waals surface area contributed by atoms with Crippen LogP contribution < -0.4 is 19.5 Å². The highest BCUT2D eigenvalue weighted by Gasteiger charge is 2.15. The van der Waals surface area contributed by atoms with Crippen LogP contribution in [0.1, 0.15) is 24.2 Å². The molecule has 0 fully saturated rings. The van der Waals surface area contributed by atoms with E-state index in [0.717, 1.165) is 30.8 Å². The van der Waals surface area contributed by atoms with Gasteiger partial charge in [0.2, 0.25) is 0 Å². The highest BCUT2D eigenvalue weighted by molar-refractivity contribution is 6.06. The average molecular weight is 449 g/mol. The molecule has 6 nitrogen and oxygen atoms in total. The zero-order valence-electron chi connectivity index (χ0n) is 19.8. The zero-order valence-corrected chi connectivity index (χ0v) is 19.8. The molecule has 0 aromatic heterocycles. The Morgan fingerprint density at radius 3 is 2.21 bits per heavy atom. The molecule has 0 bridgehead atoms. The number of methoxy groups -OCH3 is 2. The van der Waals surface area contributed by atoms with Crippen LogP contribution in [0.3, 0.4) is 0 Å². The molecule has 6 heteroatoms. The number of anilines is 1. The molecule has 0 aliphatic rings. The fourth-order valence-electron chi connectivity index (χ4n) is 3.58.